The summed E-state index contributed by atoms with van der Waals surface area (Å²) in [4.78, 5) is 12.8. The lowest BCUT2D eigenvalue weighted by atomic mass is 10.1. The lowest BCUT2D eigenvalue weighted by Crippen LogP contribution is -2.38. The second-order valence-electron chi connectivity index (χ2n) is 5.66. The van der Waals surface area contributed by atoms with E-state index in [1.54, 1.807) is 0 Å². The molecule has 0 atom stereocenters. The first kappa shape index (κ1) is 20.8. The third kappa shape index (κ3) is 5.73. The second kappa shape index (κ2) is 8.44. The van der Waals surface area contributed by atoms with Crippen LogP contribution >= 0.6 is 11.6 Å². The maximum absolute atomic E-state index is 12.3. The van der Waals surface area contributed by atoms with Gasteiger partial charge in [0, 0.05) is 31.6 Å². The van der Waals surface area contributed by atoms with Gasteiger partial charge in [-0.15, -0.1) is 13.2 Å². The topological polar surface area (TPSA) is 123 Å². The summed E-state index contributed by atoms with van der Waals surface area (Å²) in [6.45, 7) is 1.01. The summed E-state index contributed by atoms with van der Waals surface area (Å²) in [6, 6.07) is 4.02. The minimum absolute atomic E-state index is 0.157. The standard InChI is InChI=1S/C15H18ClF3N4O4/c16-10-7-8(1-2-11(10)27-15(17,18)19)23-5-3-9(4-6-23)26-13(20)12(22-21)14(24)25/h1-2,7,9,22H,3-6,20-21H2,(H,24,25)/b13-12+. The fraction of sp³-hybridized carbons (Fsp3) is 0.400. The number of hydrogen-bond donors (Lipinski definition) is 4. The minimum Gasteiger partial charge on any atom is -0.476 e. The zero-order valence-electron chi connectivity index (χ0n) is 13.9. The van der Waals surface area contributed by atoms with Crippen LogP contribution in [0, 0.1) is 0 Å². The number of hydrazine groups is 1. The number of benzene rings is 1. The van der Waals surface area contributed by atoms with E-state index in [9.17, 15) is 18.0 Å². The van der Waals surface area contributed by atoms with Gasteiger partial charge < -0.3 is 30.6 Å². The number of halogens is 4. The van der Waals surface area contributed by atoms with Crippen molar-refractivity contribution in [2.75, 3.05) is 18.0 Å². The van der Waals surface area contributed by atoms with Gasteiger partial charge in [0.25, 0.3) is 0 Å². The van der Waals surface area contributed by atoms with Gasteiger partial charge in [-0.25, -0.2) is 4.79 Å². The summed E-state index contributed by atoms with van der Waals surface area (Å²) in [5, 5.41) is 8.76. The highest BCUT2D eigenvalue weighted by molar-refractivity contribution is 6.32. The maximum atomic E-state index is 12.3. The largest absolute Gasteiger partial charge is 0.573 e. The Morgan fingerprint density at radius 3 is 2.44 bits per heavy atom. The summed E-state index contributed by atoms with van der Waals surface area (Å²) in [6.07, 6.45) is -4.12. The lowest BCUT2D eigenvalue weighted by molar-refractivity contribution is -0.274. The highest BCUT2D eigenvalue weighted by Crippen LogP contribution is 2.34. The Kier molecular flexibility index (Phi) is 6.50. The SMILES string of the molecule is NN/C(C(=O)O)=C(\N)OC1CCN(c2ccc(OC(F)(F)F)c(Cl)c2)CC1. The fourth-order valence-electron chi connectivity index (χ4n) is 2.60. The average Bonchev–Trinajstić information content (AvgIpc) is 2.56. The molecule has 0 saturated carbocycles. The quantitative estimate of drug-likeness (QED) is 0.243. The fourth-order valence-corrected chi connectivity index (χ4v) is 2.82. The number of anilines is 1. The first-order valence-electron chi connectivity index (χ1n) is 7.77. The van der Waals surface area contributed by atoms with Crippen LogP contribution in [0.3, 0.4) is 0 Å². The normalized spacial score (nSPS) is 16.6. The van der Waals surface area contributed by atoms with E-state index in [0.717, 1.165) is 6.07 Å². The number of carbonyl (C=O) groups is 1. The molecule has 1 fully saturated rings. The van der Waals surface area contributed by atoms with Gasteiger partial charge in [0.15, 0.2) is 5.70 Å². The summed E-state index contributed by atoms with van der Waals surface area (Å²) < 4.78 is 46.1. The molecule has 1 aliphatic rings. The van der Waals surface area contributed by atoms with Gasteiger partial charge in [-0.2, -0.15) is 0 Å². The van der Waals surface area contributed by atoms with Crippen molar-refractivity contribution in [1.82, 2.24) is 5.43 Å². The Labute approximate surface area is 157 Å². The number of nitrogens with two attached hydrogens (primary N) is 2. The van der Waals surface area contributed by atoms with Crippen molar-refractivity contribution < 1.29 is 32.5 Å². The van der Waals surface area contributed by atoms with Crippen molar-refractivity contribution in [2.45, 2.75) is 25.3 Å². The zero-order valence-corrected chi connectivity index (χ0v) is 14.7. The van der Waals surface area contributed by atoms with Gasteiger partial charge in [-0.1, -0.05) is 11.6 Å². The predicted octanol–water partition coefficient (Wildman–Crippen LogP) is 1.90. The Hall–Kier alpha value is -2.53. The molecule has 6 N–H and O–H groups in total. The molecular weight excluding hydrogens is 393 g/mol. The average molecular weight is 411 g/mol. The summed E-state index contributed by atoms with van der Waals surface area (Å²) in [7, 11) is 0. The van der Waals surface area contributed by atoms with Gasteiger partial charge in [0.2, 0.25) is 5.88 Å². The number of nitrogens with zero attached hydrogens (tertiary/aromatic N) is 1. The van der Waals surface area contributed by atoms with E-state index in [-0.39, 0.29) is 17.0 Å². The Morgan fingerprint density at radius 2 is 1.96 bits per heavy atom. The van der Waals surface area contributed by atoms with Crippen molar-refractivity contribution >= 4 is 23.3 Å². The maximum Gasteiger partial charge on any atom is 0.573 e. The van der Waals surface area contributed by atoms with E-state index in [4.69, 9.17) is 33.0 Å². The molecule has 0 bridgehead atoms. The number of ether oxygens (including phenoxy) is 2. The van der Waals surface area contributed by atoms with Crippen LogP contribution in [0.15, 0.2) is 29.8 Å². The van der Waals surface area contributed by atoms with Crippen LogP contribution in [0.5, 0.6) is 5.75 Å². The number of alkyl halides is 3. The molecule has 0 spiro atoms. The molecule has 150 valence electrons. The van der Waals surface area contributed by atoms with Crippen molar-refractivity contribution in [3.8, 4) is 5.75 Å². The molecule has 27 heavy (non-hydrogen) atoms. The highest BCUT2D eigenvalue weighted by Gasteiger charge is 2.32. The van der Waals surface area contributed by atoms with Crippen molar-refractivity contribution in [2.24, 2.45) is 11.6 Å². The first-order valence-corrected chi connectivity index (χ1v) is 8.15. The lowest BCUT2D eigenvalue weighted by Gasteiger charge is -2.34. The molecule has 0 amide bonds. The van der Waals surface area contributed by atoms with E-state index in [1.807, 2.05) is 10.3 Å². The van der Waals surface area contributed by atoms with Crippen LogP contribution in [0.25, 0.3) is 0 Å². The van der Waals surface area contributed by atoms with Crippen LogP contribution in [0.4, 0.5) is 18.9 Å². The number of hydrogen-bond acceptors (Lipinski definition) is 7. The highest BCUT2D eigenvalue weighted by atomic mass is 35.5. The molecule has 0 aliphatic carbocycles. The first-order chi connectivity index (χ1) is 12.6. The van der Waals surface area contributed by atoms with Crippen molar-refractivity contribution in [1.29, 1.82) is 0 Å². The Balaban J connectivity index is 1.98. The van der Waals surface area contributed by atoms with Crippen molar-refractivity contribution in [3.63, 3.8) is 0 Å². The minimum atomic E-state index is -4.82. The van der Waals surface area contributed by atoms with Crippen LogP contribution in [0.1, 0.15) is 12.8 Å². The molecule has 1 heterocycles. The zero-order chi connectivity index (χ0) is 20.2. The van der Waals surface area contributed by atoms with Crippen LogP contribution in [-0.4, -0.2) is 36.6 Å². The van der Waals surface area contributed by atoms with Crippen LogP contribution in [0.2, 0.25) is 5.02 Å². The molecule has 8 nitrogen and oxygen atoms in total. The molecule has 0 radical (unpaired) electrons. The molecule has 1 saturated heterocycles. The van der Waals surface area contributed by atoms with Gasteiger partial charge >= 0.3 is 12.3 Å². The Morgan fingerprint density at radius 1 is 1.33 bits per heavy atom. The van der Waals surface area contributed by atoms with E-state index >= 15 is 0 Å². The smallest absolute Gasteiger partial charge is 0.476 e. The van der Waals surface area contributed by atoms with Gasteiger partial charge in [0.1, 0.15) is 11.9 Å². The van der Waals surface area contributed by atoms with Gasteiger partial charge in [-0.05, 0) is 18.2 Å². The number of carboxylic acids is 1. The second-order valence-corrected chi connectivity index (χ2v) is 6.06. The summed E-state index contributed by atoms with van der Waals surface area (Å²) in [5.41, 5.74) is 7.75. The van der Waals surface area contributed by atoms with E-state index in [1.165, 1.54) is 12.1 Å². The third-order valence-electron chi connectivity index (χ3n) is 3.85. The summed E-state index contributed by atoms with van der Waals surface area (Å²) >= 11 is 5.86. The molecule has 1 aromatic rings. The molecule has 1 aromatic carbocycles. The molecule has 1 aliphatic heterocycles. The van der Waals surface area contributed by atoms with Gasteiger partial charge in [0.05, 0.1) is 5.02 Å². The molecule has 2 rings (SSSR count). The van der Waals surface area contributed by atoms with E-state index in [2.05, 4.69) is 4.74 Å². The van der Waals surface area contributed by atoms with Crippen LogP contribution < -0.4 is 26.6 Å². The van der Waals surface area contributed by atoms with Crippen molar-refractivity contribution in [3.05, 3.63) is 34.8 Å². The number of nitrogens with one attached hydrogen (secondary N) is 1. The molecular formula is C15H18ClF3N4O4. The van der Waals surface area contributed by atoms with E-state index in [0.29, 0.717) is 31.6 Å². The third-order valence-corrected chi connectivity index (χ3v) is 4.14. The number of rotatable bonds is 6. The molecule has 12 heteroatoms. The predicted molar refractivity (Wildman–Crippen MR) is 90.6 cm³/mol. The van der Waals surface area contributed by atoms with E-state index < -0.39 is 23.8 Å². The van der Waals surface area contributed by atoms with Gasteiger partial charge in [-0.3, -0.25) is 5.84 Å². The number of carboxylic acid groups (broad SMARTS) is 1. The van der Waals surface area contributed by atoms with Crippen LogP contribution in [-0.2, 0) is 9.53 Å². The molecule has 0 unspecified atom stereocenters. The Bertz CT molecular complexity index is 722. The number of aliphatic carboxylic acids is 1. The summed E-state index contributed by atoms with van der Waals surface area (Å²) in [5.74, 6) is 2.96. The monoisotopic (exact) mass is 410 g/mol. The molecule has 0 aromatic heterocycles. The number of piperidine rings is 1.